The molecule has 0 fully saturated rings. The molecule has 2 aromatic heterocycles. The van der Waals surface area contributed by atoms with Crippen LogP contribution in [-0.2, 0) is 0 Å². The van der Waals surface area contributed by atoms with Crippen molar-refractivity contribution >= 4 is 106 Å². The third-order valence-electron chi connectivity index (χ3n) is 11.4. The normalized spacial score (nSPS) is 12.1. The summed E-state index contributed by atoms with van der Waals surface area (Å²) in [4.78, 5) is 0. The van der Waals surface area contributed by atoms with E-state index in [4.69, 9.17) is 0 Å². The second-order valence-electron chi connectivity index (χ2n) is 14.4. The van der Waals surface area contributed by atoms with Crippen molar-refractivity contribution < 1.29 is 0 Å². The van der Waals surface area contributed by atoms with Gasteiger partial charge >= 0.3 is 0 Å². The molecule has 0 spiro atoms. The summed E-state index contributed by atoms with van der Waals surface area (Å²) in [6, 6.07) is 67.9. The molecule has 0 nitrogen and oxygen atoms in total. The molecule has 12 rings (SSSR count). The zero-order valence-corrected chi connectivity index (χ0v) is 30.8. The maximum atomic E-state index is 2.51. The van der Waals surface area contributed by atoms with Crippen molar-refractivity contribution in [2.45, 2.75) is 0 Å². The molecule has 250 valence electrons. The van der Waals surface area contributed by atoms with Crippen LogP contribution in [-0.4, -0.2) is 0 Å². The molecule has 0 atom stereocenters. The lowest BCUT2D eigenvalue weighted by Crippen LogP contribution is -1.92. The van der Waals surface area contributed by atoms with Crippen molar-refractivity contribution in [1.82, 2.24) is 0 Å². The van der Waals surface area contributed by atoms with E-state index in [0.29, 0.717) is 0 Å². The maximum absolute atomic E-state index is 2.51. The number of thiophene rings is 2. The van der Waals surface area contributed by atoms with Gasteiger partial charge in [-0.1, -0.05) is 140 Å². The molecular weight excluding hydrogens is 689 g/mol. The Kier molecular flexibility index (Phi) is 6.48. The van der Waals surface area contributed by atoms with E-state index in [2.05, 4.69) is 182 Å². The molecule has 0 unspecified atom stereocenters. The number of rotatable bonds is 3. The van der Waals surface area contributed by atoms with E-state index < -0.39 is 0 Å². The molecular formula is C52H30S2. The lowest BCUT2D eigenvalue weighted by molar-refractivity contribution is 1.64. The van der Waals surface area contributed by atoms with Gasteiger partial charge in [-0.2, -0.15) is 0 Å². The van der Waals surface area contributed by atoms with Crippen LogP contribution >= 0.6 is 22.7 Å². The van der Waals surface area contributed by atoms with Gasteiger partial charge in [0.15, 0.2) is 0 Å². The highest BCUT2D eigenvalue weighted by Gasteiger charge is 2.21. The molecule has 0 saturated heterocycles. The standard InChI is InChI=1S/C52H30S2/c1-2-12-31(13-3-1)32-22-23-34-27-35(25-24-33(34)26-32)50-38-16-4-6-18-40(38)51(41-19-7-5-17-39(41)50)44-29-45-37-15-9-11-21-48(37)54-52(45)46-30-49-43(28-42(44)46)36-14-8-10-20-47(36)53-49/h1-30H. The first kappa shape index (κ1) is 30.2. The highest BCUT2D eigenvalue weighted by molar-refractivity contribution is 7.27. The first-order valence-corrected chi connectivity index (χ1v) is 20.1. The van der Waals surface area contributed by atoms with E-state index in [1.807, 2.05) is 22.7 Å². The summed E-state index contributed by atoms with van der Waals surface area (Å²) in [7, 11) is 0. The van der Waals surface area contributed by atoms with Gasteiger partial charge < -0.3 is 0 Å². The maximum Gasteiger partial charge on any atom is 0.0434 e. The number of fused-ring (bicyclic) bond motifs is 11. The van der Waals surface area contributed by atoms with Crippen LogP contribution in [0.15, 0.2) is 182 Å². The first-order chi connectivity index (χ1) is 26.8. The molecule has 0 radical (unpaired) electrons. The molecule has 0 aliphatic heterocycles. The van der Waals surface area contributed by atoms with Crippen molar-refractivity contribution in [3.8, 4) is 33.4 Å². The van der Waals surface area contributed by atoms with Crippen LogP contribution in [0.1, 0.15) is 0 Å². The van der Waals surface area contributed by atoms with E-state index in [1.54, 1.807) is 0 Å². The van der Waals surface area contributed by atoms with Crippen LogP contribution in [0.3, 0.4) is 0 Å². The van der Waals surface area contributed by atoms with Crippen LogP contribution in [0.2, 0.25) is 0 Å². The van der Waals surface area contributed by atoms with E-state index in [0.717, 1.165) is 0 Å². The van der Waals surface area contributed by atoms with Gasteiger partial charge in [0.05, 0.1) is 0 Å². The van der Waals surface area contributed by atoms with E-state index in [-0.39, 0.29) is 0 Å². The molecule has 0 aliphatic carbocycles. The Hall–Kier alpha value is -6.32. The molecule has 0 saturated carbocycles. The molecule has 2 heteroatoms. The molecule has 54 heavy (non-hydrogen) atoms. The van der Waals surface area contributed by atoms with Crippen LogP contribution in [0.4, 0.5) is 0 Å². The Morgan fingerprint density at radius 1 is 0.259 bits per heavy atom. The minimum atomic E-state index is 1.24. The van der Waals surface area contributed by atoms with Crippen LogP contribution < -0.4 is 0 Å². The molecule has 0 bridgehead atoms. The first-order valence-electron chi connectivity index (χ1n) is 18.5. The van der Waals surface area contributed by atoms with Gasteiger partial charge in [-0.05, 0) is 114 Å². The molecule has 10 aromatic carbocycles. The van der Waals surface area contributed by atoms with Crippen LogP contribution in [0.25, 0.3) is 117 Å². The van der Waals surface area contributed by atoms with Gasteiger partial charge in [0.2, 0.25) is 0 Å². The highest BCUT2D eigenvalue weighted by atomic mass is 32.1. The molecule has 0 amide bonds. The summed E-state index contributed by atoms with van der Waals surface area (Å²) >= 11 is 3.83. The minimum absolute atomic E-state index is 1.24. The van der Waals surface area contributed by atoms with Gasteiger partial charge in [0.25, 0.3) is 0 Å². The van der Waals surface area contributed by atoms with Gasteiger partial charge in [0.1, 0.15) is 0 Å². The van der Waals surface area contributed by atoms with Crippen LogP contribution in [0.5, 0.6) is 0 Å². The Labute approximate surface area is 319 Å². The summed E-state index contributed by atoms with van der Waals surface area (Å²) in [5.74, 6) is 0. The van der Waals surface area contributed by atoms with Crippen molar-refractivity contribution in [1.29, 1.82) is 0 Å². The topological polar surface area (TPSA) is 0 Å². The van der Waals surface area contributed by atoms with Gasteiger partial charge in [0, 0.05) is 45.7 Å². The largest absolute Gasteiger partial charge is 0.135 e. The second kappa shape index (κ2) is 11.6. The summed E-state index contributed by atoms with van der Waals surface area (Å²) in [5, 5.41) is 15.6. The van der Waals surface area contributed by atoms with Crippen molar-refractivity contribution in [3.63, 3.8) is 0 Å². The number of hydrogen-bond donors (Lipinski definition) is 0. The third kappa shape index (κ3) is 4.42. The lowest BCUT2D eigenvalue weighted by atomic mass is 9.83. The van der Waals surface area contributed by atoms with Gasteiger partial charge in [-0.15, -0.1) is 22.7 Å². The SMILES string of the molecule is c1ccc(-c2ccc3cc(-c4c5ccccc5c(-c5cc6c7ccccc7sc6c6cc7sc8ccccc8c7cc56)c5ccccc45)ccc3c2)cc1. The summed E-state index contributed by atoms with van der Waals surface area (Å²) in [6.45, 7) is 0. The predicted molar refractivity (Wildman–Crippen MR) is 239 cm³/mol. The average Bonchev–Trinajstić information content (AvgIpc) is 3.80. The van der Waals surface area contributed by atoms with E-state index in [9.17, 15) is 0 Å². The quantitative estimate of drug-likeness (QED) is 0.160. The zero-order chi connectivity index (χ0) is 35.3. The summed E-state index contributed by atoms with van der Waals surface area (Å²) in [6.07, 6.45) is 0. The van der Waals surface area contributed by atoms with Crippen molar-refractivity contribution in [3.05, 3.63) is 182 Å². The summed E-state index contributed by atoms with van der Waals surface area (Å²) in [5.41, 5.74) is 7.61. The molecule has 0 aliphatic rings. The minimum Gasteiger partial charge on any atom is -0.135 e. The monoisotopic (exact) mass is 718 g/mol. The molecule has 2 heterocycles. The average molecular weight is 719 g/mol. The fourth-order valence-electron chi connectivity index (χ4n) is 8.96. The predicted octanol–water partition coefficient (Wildman–Crippen LogP) is 16.0. The Morgan fingerprint density at radius 2 is 0.778 bits per heavy atom. The highest BCUT2D eigenvalue weighted by Crippen LogP contribution is 2.50. The Balaban J connectivity index is 1.18. The number of benzene rings is 10. The van der Waals surface area contributed by atoms with Crippen molar-refractivity contribution in [2.24, 2.45) is 0 Å². The Morgan fingerprint density at radius 3 is 1.46 bits per heavy atom. The molecule has 12 aromatic rings. The Bertz CT molecular complexity index is 3430. The van der Waals surface area contributed by atoms with Gasteiger partial charge in [-0.3, -0.25) is 0 Å². The molecule has 0 N–H and O–H groups in total. The zero-order valence-electron chi connectivity index (χ0n) is 29.1. The van der Waals surface area contributed by atoms with E-state index in [1.165, 1.54) is 117 Å². The van der Waals surface area contributed by atoms with Gasteiger partial charge in [-0.25, -0.2) is 0 Å². The van der Waals surface area contributed by atoms with Crippen molar-refractivity contribution in [2.75, 3.05) is 0 Å². The summed E-state index contributed by atoms with van der Waals surface area (Å²) < 4.78 is 5.38. The van der Waals surface area contributed by atoms with Crippen LogP contribution in [0, 0.1) is 0 Å². The third-order valence-corrected chi connectivity index (χ3v) is 13.8. The smallest absolute Gasteiger partial charge is 0.0434 e. The fraction of sp³-hybridized carbons (Fsp3) is 0. The second-order valence-corrected chi connectivity index (χ2v) is 16.5. The number of hydrogen-bond acceptors (Lipinski definition) is 2. The fourth-order valence-corrected chi connectivity index (χ4v) is 11.3. The van der Waals surface area contributed by atoms with E-state index >= 15 is 0 Å². The lowest BCUT2D eigenvalue weighted by Gasteiger charge is -2.19.